The summed E-state index contributed by atoms with van der Waals surface area (Å²) >= 11 is 1.61. The van der Waals surface area contributed by atoms with Gasteiger partial charge in [-0.3, -0.25) is 4.79 Å². The molecule has 0 fully saturated rings. The standard InChI is InChI=1S/C16H16N2O3S/c1-18(10-13-4-3-7-22-13)16(19)11-21-14-6-5-12(9-17)8-15(14)20-2/h3-8H,10-11H2,1-2H3. The molecular weight excluding hydrogens is 300 g/mol. The Bertz CT molecular complexity index is 677. The lowest BCUT2D eigenvalue weighted by Gasteiger charge is -2.17. The molecule has 5 nitrogen and oxygen atoms in total. The molecule has 6 heteroatoms. The third-order valence-electron chi connectivity index (χ3n) is 3.04. The topological polar surface area (TPSA) is 62.6 Å². The molecule has 0 spiro atoms. The van der Waals surface area contributed by atoms with Crippen molar-refractivity contribution in [2.45, 2.75) is 6.54 Å². The Kier molecular flexibility index (Phi) is 5.39. The first-order chi connectivity index (χ1) is 10.6. The SMILES string of the molecule is COc1cc(C#N)ccc1OCC(=O)N(C)Cc1cccs1. The summed E-state index contributed by atoms with van der Waals surface area (Å²) in [5.41, 5.74) is 0.477. The molecular formula is C16H16N2O3S. The summed E-state index contributed by atoms with van der Waals surface area (Å²) in [6, 6.07) is 10.8. The van der Waals surface area contributed by atoms with Gasteiger partial charge in [0.25, 0.3) is 5.91 Å². The molecule has 1 heterocycles. The van der Waals surface area contributed by atoms with Gasteiger partial charge in [-0.25, -0.2) is 0 Å². The number of benzene rings is 1. The number of carbonyl (C=O) groups is 1. The van der Waals surface area contributed by atoms with Crippen LogP contribution in [0.4, 0.5) is 0 Å². The predicted molar refractivity (Wildman–Crippen MR) is 84.0 cm³/mol. The summed E-state index contributed by atoms with van der Waals surface area (Å²) in [7, 11) is 3.23. The van der Waals surface area contributed by atoms with Crippen LogP contribution < -0.4 is 9.47 Å². The van der Waals surface area contributed by atoms with E-state index >= 15 is 0 Å². The van der Waals surface area contributed by atoms with Crippen LogP contribution in [-0.4, -0.2) is 31.6 Å². The van der Waals surface area contributed by atoms with Gasteiger partial charge in [0.1, 0.15) is 0 Å². The van der Waals surface area contributed by atoms with E-state index in [1.165, 1.54) is 7.11 Å². The molecule has 0 bridgehead atoms. The highest BCUT2D eigenvalue weighted by Gasteiger charge is 2.13. The molecule has 0 saturated carbocycles. The summed E-state index contributed by atoms with van der Waals surface area (Å²) in [4.78, 5) is 14.8. The van der Waals surface area contributed by atoms with Gasteiger partial charge in [0.15, 0.2) is 18.1 Å². The monoisotopic (exact) mass is 316 g/mol. The molecule has 22 heavy (non-hydrogen) atoms. The van der Waals surface area contributed by atoms with E-state index < -0.39 is 0 Å². The van der Waals surface area contributed by atoms with Crippen molar-refractivity contribution in [1.82, 2.24) is 4.90 Å². The zero-order chi connectivity index (χ0) is 15.9. The molecule has 0 N–H and O–H groups in total. The van der Waals surface area contributed by atoms with Crippen LogP contribution in [0.5, 0.6) is 11.5 Å². The van der Waals surface area contributed by atoms with Crippen molar-refractivity contribution < 1.29 is 14.3 Å². The van der Waals surface area contributed by atoms with E-state index in [1.54, 1.807) is 41.5 Å². The molecule has 0 aliphatic rings. The van der Waals surface area contributed by atoms with Crippen LogP contribution in [0.25, 0.3) is 0 Å². The molecule has 0 saturated heterocycles. The number of amides is 1. The van der Waals surface area contributed by atoms with E-state index in [9.17, 15) is 4.79 Å². The van der Waals surface area contributed by atoms with Crippen molar-refractivity contribution in [3.05, 3.63) is 46.2 Å². The number of nitriles is 1. The van der Waals surface area contributed by atoms with Crippen LogP contribution in [0.15, 0.2) is 35.7 Å². The summed E-state index contributed by atoms with van der Waals surface area (Å²) in [5.74, 6) is 0.756. The first-order valence-corrected chi connectivity index (χ1v) is 7.49. The molecule has 0 atom stereocenters. The van der Waals surface area contributed by atoms with Crippen LogP contribution in [0, 0.1) is 11.3 Å². The Balaban J connectivity index is 1.94. The number of hydrogen-bond donors (Lipinski definition) is 0. The second-order valence-corrected chi connectivity index (χ2v) is 5.63. The fourth-order valence-electron chi connectivity index (χ4n) is 1.83. The maximum Gasteiger partial charge on any atom is 0.260 e. The minimum atomic E-state index is -0.125. The van der Waals surface area contributed by atoms with Gasteiger partial charge in [-0.1, -0.05) is 6.07 Å². The van der Waals surface area contributed by atoms with Crippen molar-refractivity contribution in [1.29, 1.82) is 5.26 Å². The van der Waals surface area contributed by atoms with E-state index in [0.717, 1.165) is 4.88 Å². The summed E-state index contributed by atoms with van der Waals surface area (Å²) in [6.45, 7) is 0.481. The van der Waals surface area contributed by atoms with Crippen LogP contribution in [0.1, 0.15) is 10.4 Å². The number of likely N-dealkylation sites (N-methyl/N-ethyl adjacent to an activating group) is 1. The largest absolute Gasteiger partial charge is 0.493 e. The molecule has 0 unspecified atom stereocenters. The molecule has 1 aromatic heterocycles. The highest BCUT2D eigenvalue weighted by Crippen LogP contribution is 2.27. The average Bonchev–Trinajstić information content (AvgIpc) is 3.05. The Morgan fingerprint density at radius 2 is 2.18 bits per heavy atom. The number of thiophene rings is 1. The molecule has 0 radical (unpaired) electrons. The number of methoxy groups -OCH3 is 1. The Labute approximate surface area is 133 Å². The van der Waals surface area contributed by atoms with Gasteiger partial charge in [0.2, 0.25) is 0 Å². The smallest absolute Gasteiger partial charge is 0.260 e. The van der Waals surface area contributed by atoms with Gasteiger partial charge in [-0.15, -0.1) is 11.3 Å². The maximum absolute atomic E-state index is 12.1. The Morgan fingerprint density at radius 1 is 1.36 bits per heavy atom. The number of rotatable bonds is 6. The molecule has 1 aromatic carbocycles. The van der Waals surface area contributed by atoms with E-state index in [0.29, 0.717) is 23.6 Å². The number of ether oxygens (including phenoxy) is 2. The van der Waals surface area contributed by atoms with Crippen molar-refractivity contribution in [2.75, 3.05) is 20.8 Å². The molecule has 0 aliphatic carbocycles. The van der Waals surface area contributed by atoms with Crippen LogP contribution in [0.2, 0.25) is 0 Å². The Morgan fingerprint density at radius 3 is 2.82 bits per heavy atom. The van der Waals surface area contributed by atoms with Gasteiger partial charge in [0, 0.05) is 18.0 Å². The Hall–Kier alpha value is -2.52. The zero-order valence-electron chi connectivity index (χ0n) is 12.4. The molecule has 114 valence electrons. The lowest BCUT2D eigenvalue weighted by atomic mass is 10.2. The molecule has 2 rings (SSSR count). The van der Waals surface area contributed by atoms with E-state index in [1.807, 2.05) is 23.6 Å². The first-order valence-electron chi connectivity index (χ1n) is 6.61. The molecule has 1 amide bonds. The highest BCUT2D eigenvalue weighted by molar-refractivity contribution is 7.09. The predicted octanol–water partition coefficient (Wildman–Crippen LogP) is 2.67. The highest BCUT2D eigenvalue weighted by atomic mass is 32.1. The first kappa shape index (κ1) is 15.9. The van der Waals surface area contributed by atoms with Gasteiger partial charge in [0.05, 0.1) is 25.3 Å². The fraction of sp³-hybridized carbons (Fsp3) is 0.250. The number of hydrogen-bond acceptors (Lipinski definition) is 5. The van der Waals surface area contributed by atoms with Crippen LogP contribution in [-0.2, 0) is 11.3 Å². The second kappa shape index (κ2) is 7.48. The second-order valence-electron chi connectivity index (χ2n) is 4.60. The lowest BCUT2D eigenvalue weighted by Crippen LogP contribution is -2.30. The third kappa shape index (κ3) is 3.99. The van der Waals surface area contributed by atoms with E-state index in [4.69, 9.17) is 14.7 Å². The summed E-state index contributed by atoms with van der Waals surface area (Å²) in [5, 5.41) is 10.8. The molecule has 0 aliphatic heterocycles. The number of nitrogens with zero attached hydrogens (tertiary/aromatic N) is 2. The normalized spacial score (nSPS) is 9.86. The van der Waals surface area contributed by atoms with Gasteiger partial charge < -0.3 is 14.4 Å². The van der Waals surface area contributed by atoms with Gasteiger partial charge in [-0.2, -0.15) is 5.26 Å². The van der Waals surface area contributed by atoms with Crippen LogP contribution >= 0.6 is 11.3 Å². The fourth-order valence-corrected chi connectivity index (χ4v) is 2.59. The van der Waals surface area contributed by atoms with Crippen molar-refractivity contribution >= 4 is 17.2 Å². The van der Waals surface area contributed by atoms with E-state index in [-0.39, 0.29) is 12.5 Å². The maximum atomic E-state index is 12.1. The van der Waals surface area contributed by atoms with Gasteiger partial charge >= 0.3 is 0 Å². The van der Waals surface area contributed by atoms with Crippen molar-refractivity contribution in [3.8, 4) is 17.6 Å². The minimum Gasteiger partial charge on any atom is -0.493 e. The quantitative estimate of drug-likeness (QED) is 0.822. The van der Waals surface area contributed by atoms with E-state index in [2.05, 4.69) is 0 Å². The minimum absolute atomic E-state index is 0.0792. The van der Waals surface area contributed by atoms with Crippen LogP contribution in [0.3, 0.4) is 0 Å². The van der Waals surface area contributed by atoms with Crippen molar-refractivity contribution in [2.24, 2.45) is 0 Å². The average molecular weight is 316 g/mol. The summed E-state index contributed by atoms with van der Waals surface area (Å²) in [6.07, 6.45) is 0. The zero-order valence-corrected chi connectivity index (χ0v) is 13.2. The van der Waals surface area contributed by atoms with Crippen molar-refractivity contribution in [3.63, 3.8) is 0 Å². The summed E-state index contributed by atoms with van der Waals surface area (Å²) < 4.78 is 10.7. The molecule has 2 aromatic rings. The third-order valence-corrected chi connectivity index (χ3v) is 3.90. The lowest BCUT2D eigenvalue weighted by molar-refractivity contribution is -0.132. The number of carbonyl (C=O) groups excluding carboxylic acids is 1. The van der Waals surface area contributed by atoms with Gasteiger partial charge in [-0.05, 0) is 23.6 Å².